The van der Waals surface area contributed by atoms with E-state index >= 15 is 0 Å². The van der Waals surface area contributed by atoms with E-state index in [2.05, 4.69) is 5.32 Å². The Kier molecular flexibility index (Phi) is 10.6. The number of anilines is 1. The Morgan fingerprint density at radius 1 is 0.925 bits per heavy atom. The number of ether oxygens (including phenoxy) is 2. The van der Waals surface area contributed by atoms with Crippen LogP contribution in [0.25, 0.3) is 0 Å². The van der Waals surface area contributed by atoms with Crippen LogP contribution in [0.2, 0.25) is 0 Å². The lowest BCUT2D eigenvalue weighted by Crippen LogP contribution is -2.53. The second-order valence-electron chi connectivity index (χ2n) is 9.36. The third kappa shape index (κ3) is 7.75. The topological polar surface area (TPSA) is 105 Å². The van der Waals surface area contributed by atoms with Crippen molar-refractivity contribution in [1.82, 2.24) is 10.2 Å². The summed E-state index contributed by atoms with van der Waals surface area (Å²) in [5.74, 6) is -0.0885. The van der Waals surface area contributed by atoms with Gasteiger partial charge in [-0.25, -0.2) is 8.42 Å². The van der Waals surface area contributed by atoms with E-state index in [1.165, 1.54) is 25.2 Å². The van der Waals surface area contributed by atoms with E-state index in [1.54, 1.807) is 12.1 Å². The molecule has 1 atom stereocenters. The zero-order chi connectivity index (χ0) is 29.3. The summed E-state index contributed by atoms with van der Waals surface area (Å²) in [5, 5.41) is 2.85. The number of nitrogens with zero attached hydrogens (tertiary/aromatic N) is 2. The second-order valence-corrected chi connectivity index (χ2v) is 11.3. The van der Waals surface area contributed by atoms with Crippen LogP contribution in [0.5, 0.6) is 11.5 Å². The number of benzene rings is 3. The zero-order valence-electron chi connectivity index (χ0n) is 23.6. The second kappa shape index (κ2) is 13.8. The number of carbonyl (C=O) groups is 2. The predicted octanol–water partition coefficient (Wildman–Crippen LogP) is 3.55. The molecule has 0 heterocycles. The van der Waals surface area contributed by atoms with Crippen molar-refractivity contribution in [3.05, 3.63) is 89.5 Å². The van der Waals surface area contributed by atoms with Crippen molar-refractivity contribution in [3.63, 3.8) is 0 Å². The van der Waals surface area contributed by atoms with Gasteiger partial charge < -0.3 is 19.7 Å². The maximum atomic E-state index is 14.1. The highest BCUT2D eigenvalue weighted by molar-refractivity contribution is 7.92. The molecule has 1 N–H and O–H groups in total. The van der Waals surface area contributed by atoms with E-state index in [9.17, 15) is 18.0 Å². The molecule has 9 nitrogen and oxygen atoms in total. The number of rotatable bonds is 13. The lowest BCUT2D eigenvalue weighted by molar-refractivity contribution is -0.140. The van der Waals surface area contributed by atoms with Gasteiger partial charge >= 0.3 is 0 Å². The van der Waals surface area contributed by atoms with Crippen LogP contribution in [-0.2, 0) is 32.6 Å². The standard InChI is InChI=1S/C30H37N3O6S/c1-6-31-30(35)26(18-23-13-8-7-9-14-23)32(20-24-15-11-10-12-22(24)2)29(34)21-33(40(5,36)37)25-16-17-27(38-3)28(19-25)39-4/h7-17,19,26H,6,18,20-21H2,1-5H3,(H,31,35)/t26-/m0/s1. The van der Waals surface area contributed by atoms with Crippen molar-refractivity contribution in [2.45, 2.75) is 32.9 Å². The van der Waals surface area contributed by atoms with Crippen LogP contribution >= 0.6 is 0 Å². The summed E-state index contributed by atoms with van der Waals surface area (Å²) in [5.41, 5.74) is 2.92. The summed E-state index contributed by atoms with van der Waals surface area (Å²) >= 11 is 0. The Balaban J connectivity index is 2.07. The van der Waals surface area contributed by atoms with Gasteiger partial charge in [0.15, 0.2) is 11.5 Å². The molecule has 0 radical (unpaired) electrons. The first-order valence-corrected chi connectivity index (χ1v) is 14.8. The molecule has 0 aliphatic heterocycles. The van der Waals surface area contributed by atoms with Crippen LogP contribution < -0.4 is 19.1 Å². The minimum Gasteiger partial charge on any atom is -0.493 e. The lowest BCUT2D eigenvalue weighted by Gasteiger charge is -2.33. The average molecular weight is 568 g/mol. The quantitative estimate of drug-likeness (QED) is 0.339. The smallest absolute Gasteiger partial charge is 0.244 e. The Morgan fingerprint density at radius 3 is 2.17 bits per heavy atom. The maximum absolute atomic E-state index is 14.1. The fourth-order valence-corrected chi connectivity index (χ4v) is 5.25. The first-order valence-electron chi connectivity index (χ1n) is 12.9. The summed E-state index contributed by atoms with van der Waals surface area (Å²) in [6, 6.07) is 20.8. The molecule has 214 valence electrons. The molecule has 2 amide bonds. The molecule has 0 spiro atoms. The molecule has 0 unspecified atom stereocenters. The Labute approximate surface area is 236 Å². The van der Waals surface area contributed by atoms with Gasteiger partial charge in [-0.3, -0.25) is 13.9 Å². The number of likely N-dealkylation sites (N-methyl/N-ethyl adjacent to an activating group) is 1. The van der Waals surface area contributed by atoms with Crippen LogP contribution in [0.15, 0.2) is 72.8 Å². The van der Waals surface area contributed by atoms with Gasteiger partial charge in [-0.1, -0.05) is 54.6 Å². The minimum atomic E-state index is -3.90. The highest BCUT2D eigenvalue weighted by Crippen LogP contribution is 2.32. The van der Waals surface area contributed by atoms with E-state index in [-0.39, 0.29) is 24.6 Å². The molecule has 0 saturated heterocycles. The maximum Gasteiger partial charge on any atom is 0.244 e. The zero-order valence-corrected chi connectivity index (χ0v) is 24.4. The molecule has 10 heteroatoms. The van der Waals surface area contributed by atoms with Crippen molar-refractivity contribution in [2.24, 2.45) is 0 Å². The van der Waals surface area contributed by atoms with Gasteiger partial charge in [0.1, 0.15) is 12.6 Å². The van der Waals surface area contributed by atoms with E-state index < -0.39 is 28.5 Å². The predicted molar refractivity (Wildman–Crippen MR) is 156 cm³/mol. The van der Waals surface area contributed by atoms with Crippen molar-refractivity contribution < 1.29 is 27.5 Å². The number of hydrogen-bond acceptors (Lipinski definition) is 6. The molecule has 0 fully saturated rings. The largest absolute Gasteiger partial charge is 0.493 e. The van der Waals surface area contributed by atoms with Gasteiger partial charge in [-0.15, -0.1) is 0 Å². The molecule has 0 saturated carbocycles. The highest BCUT2D eigenvalue weighted by atomic mass is 32.2. The van der Waals surface area contributed by atoms with Gasteiger partial charge in [0.05, 0.1) is 26.2 Å². The SMILES string of the molecule is CCNC(=O)[C@H](Cc1ccccc1)N(Cc1ccccc1C)C(=O)CN(c1ccc(OC)c(OC)c1)S(C)(=O)=O. The van der Waals surface area contributed by atoms with E-state index in [0.717, 1.165) is 27.3 Å². The number of nitrogens with one attached hydrogen (secondary N) is 1. The van der Waals surface area contributed by atoms with Gasteiger partial charge in [0.2, 0.25) is 21.8 Å². The van der Waals surface area contributed by atoms with Crippen LogP contribution in [-0.4, -0.2) is 64.7 Å². The molecule has 0 aliphatic carbocycles. The highest BCUT2D eigenvalue weighted by Gasteiger charge is 2.33. The first-order chi connectivity index (χ1) is 19.1. The van der Waals surface area contributed by atoms with Gasteiger partial charge in [-0.2, -0.15) is 0 Å². The van der Waals surface area contributed by atoms with Crippen molar-refractivity contribution >= 4 is 27.5 Å². The molecule has 3 aromatic rings. The summed E-state index contributed by atoms with van der Waals surface area (Å²) in [4.78, 5) is 29.0. The Morgan fingerprint density at radius 2 is 1.57 bits per heavy atom. The summed E-state index contributed by atoms with van der Waals surface area (Å²) in [6.45, 7) is 3.75. The van der Waals surface area contributed by atoms with Gasteiger partial charge in [0.25, 0.3) is 0 Å². The summed E-state index contributed by atoms with van der Waals surface area (Å²) in [7, 11) is -0.973. The van der Waals surface area contributed by atoms with Crippen LogP contribution in [0, 0.1) is 6.92 Å². The molecular weight excluding hydrogens is 530 g/mol. The number of methoxy groups -OCH3 is 2. The normalized spacial score (nSPS) is 11.8. The van der Waals surface area contributed by atoms with Crippen molar-refractivity contribution in [3.8, 4) is 11.5 Å². The summed E-state index contributed by atoms with van der Waals surface area (Å²) < 4.78 is 37.6. The molecular formula is C30H37N3O6S. The van der Waals surface area contributed by atoms with Crippen LogP contribution in [0.4, 0.5) is 5.69 Å². The molecule has 0 aromatic heterocycles. The van der Waals surface area contributed by atoms with Crippen LogP contribution in [0.3, 0.4) is 0 Å². The van der Waals surface area contributed by atoms with Crippen molar-refractivity contribution in [1.29, 1.82) is 0 Å². The fourth-order valence-electron chi connectivity index (χ4n) is 4.41. The Hall–Kier alpha value is -4.05. The number of hydrogen-bond donors (Lipinski definition) is 1. The number of aryl methyl sites for hydroxylation is 1. The van der Waals surface area contributed by atoms with E-state index in [1.807, 2.05) is 68.4 Å². The number of carbonyl (C=O) groups excluding carboxylic acids is 2. The number of sulfonamides is 1. The lowest BCUT2D eigenvalue weighted by atomic mass is 10.0. The minimum absolute atomic E-state index is 0.129. The van der Waals surface area contributed by atoms with Gasteiger partial charge in [-0.05, 0) is 42.7 Å². The third-order valence-corrected chi connectivity index (χ3v) is 7.70. The van der Waals surface area contributed by atoms with E-state index in [0.29, 0.717) is 18.0 Å². The Bertz CT molecular complexity index is 1410. The molecule has 0 aliphatic rings. The molecule has 3 rings (SSSR count). The van der Waals surface area contributed by atoms with Crippen molar-refractivity contribution in [2.75, 3.05) is 37.9 Å². The van der Waals surface area contributed by atoms with Crippen LogP contribution in [0.1, 0.15) is 23.6 Å². The molecule has 0 bridgehead atoms. The molecule has 40 heavy (non-hydrogen) atoms. The number of amides is 2. The third-order valence-electron chi connectivity index (χ3n) is 6.56. The van der Waals surface area contributed by atoms with E-state index in [4.69, 9.17) is 9.47 Å². The monoisotopic (exact) mass is 567 g/mol. The first kappa shape index (κ1) is 30.5. The average Bonchev–Trinajstić information content (AvgIpc) is 2.94. The van der Waals surface area contributed by atoms with Gasteiger partial charge in [0, 0.05) is 25.6 Å². The molecule has 3 aromatic carbocycles. The summed E-state index contributed by atoms with van der Waals surface area (Å²) in [6.07, 6.45) is 1.30. The fraction of sp³-hybridized carbons (Fsp3) is 0.333.